The molecule has 0 saturated carbocycles. The van der Waals surface area contributed by atoms with Gasteiger partial charge < -0.3 is 14.7 Å². The SMILES string of the molecule is CC1CCc2ncnc(N3CCN(C(=O)C(CN4CCN(C)CC4)c4ccc(Cl)cc4)CC3)c21. The van der Waals surface area contributed by atoms with E-state index in [1.54, 1.807) is 6.33 Å². The third-order valence-electron chi connectivity index (χ3n) is 7.75. The molecule has 2 unspecified atom stereocenters. The molecule has 182 valence electrons. The molecule has 2 saturated heterocycles. The van der Waals surface area contributed by atoms with Crippen LogP contribution in [0.1, 0.15) is 42.0 Å². The smallest absolute Gasteiger partial charge is 0.231 e. The fraction of sp³-hybridized carbons (Fsp3) is 0.577. The molecule has 2 aliphatic heterocycles. The van der Waals surface area contributed by atoms with Crippen LogP contribution in [0.2, 0.25) is 5.02 Å². The number of carbonyl (C=O) groups excluding carboxylic acids is 1. The monoisotopic (exact) mass is 482 g/mol. The first-order valence-electron chi connectivity index (χ1n) is 12.5. The standard InChI is InChI=1S/C26H35ClN6O/c1-19-3-8-23-24(19)25(29-18-28-23)32-13-15-33(16-14-32)26(34)22(20-4-6-21(27)7-5-20)17-31-11-9-30(2)10-12-31/h4-7,18-19,22H,3,8-17H2,1-2H3. The summed E-state index contributed by atoms with van der Waals surface area (Å²) >= 11 is 6.15. The Morgan fingerprint density at radius 2 is 1.74 bits per heavy atom. The van der Waals surface area contributed by atoms with Gasteiger partial charge in [-0.2, -0.15) is 0 Å². The summed E-state index contributed by atoms with van der Waals surface area (Å²) in [4.78, 5) is 32.2. The zero-order valence-corrected chi connectivity index (χ0v) is 21.0. The van der Waals surface area contributed by atoms with Crippen molar-refractivity contribution in [2.45, 2.75) is 31.6 Å². The van der Waals surface area contributed by atoms with Crippen molar-refractivity contribution in [3.05, 3.63) is 52.4 Å². The summed E-state index contributed by atoms with van der Waals surface area (Å²) in [5, 5.41) is 0.703. The number of hydrogen-bond donors (Lipinski definition) is 0. The number of piperazine rings is 2. The minimum Gasteiger partial charge on any atom is -0.353 e. The molecule has 2 atom stereocenters. The molecule has 3 aliphatic rings. The van der Waals surface area contributed by atoms with E-state index in [0.29, 0.717) is 10.9 Å². The van der Waals surface area contributed by atoms with Crippen molar-refractivity contribution in [1.29, 1.82) is 0 Å². The molecular formula is C26H35ClN6O. The van der Waals surface area contributed by atoms with Crippen molar-refractivity contribution in [3.63, 3.8) is 0 Å². The van der Waals surface area contributed by atoms with Gasteiger partial charge in [-0.05, 0) is 43.5 Å². The van der Waals surface area contributed by atoms with E-state index in [4.69, 9.17) is 11.6 Å². The molecule has 1 aromatic heterocycles. The lowest BCUT2D eigenvalue weighted by Gasteiger charge is -2.39. The van der Waals surface area contributed by atoms with Crippen molar-refractivity contribution >= 4 is 23.3 Å². The van der Waals surface area contributed by atoms with Gasteiger partial charge in [0.25, 0.3) is 0 Å². The van der Waals surface area contributed by atoms with E-state index in [9.17, 15) is 4.79 Å². The number of likely N-dealkylation sites (N-methyl/N-ethyl adjacent to an activating group) is 1. The topological polar surface area (TPSA) is 55.8 Å². The van der Waals surface area contributed by atoms with Gasteiger partial charge in [-0.25, -0.2) is 9.97 Å². The lowest BCUT2D eigenvalue weighted by Crippen LogP contribution is -2.52. The molecule has 5 rings (SSSR count). The zero-order valence-electron chi connectivity index (χ0n) is 20.3. The average Bonchev–Trinajstić information content (AvgIpc) is 3.25. The van der Waals surface area contributed by atoms with Gasteiger partial charge in [0, 0.05) is 75.2 Å². The fourth-order valence-electron chi connectivity index (χ4n) is 5.54. The first kappa shape index (κ1) is 23.5. The van der Waals surface area contributed by atoms with Gasteiger partial charge in [-0.3, -0.25) is 9.69 Å². The van der Waals surface area contributed by atoms with Crippen molar-refractivity contribution in [2.75, 3.05) is 70.9 Å². The number of amides is 1. The van der Waals surface area contributed by atoms with Crippen molar-refractivity contribution in [1.82, 2.24) is 24.7 Å². The van der Waals surface area contributed by atoms with E-state index >= 15 is 0 Å². The third kappa shape index (κ3) is 4.92. The summed E-state index contributed by atoms with van der Waals surface area (Å²) in [6.45, 7) is 10.2. The first-order valence-corrected chi connectivity index (χ1v) is 12.9. The lowest BCUT2D eigenvalue weighted by molar-refractivity contribution is -0.133. The van der Waals surface area contributed by atoms with Gasteiger partial charge in [0.15, 0.2) is 0 Å². The second-order valence-corrected chi connectivity index (χ2v) is 10.5. The van der Waals surface area contributed by atoms with Crippen LogP contribution in [0.3, 0.4) is 0 Å². The van der Waals surface area contributed by atoms with Crippen molar-refractivity contribution in [2.24, 2.45) is 0 Å². The summed E-state index contributed by atoms with van der Waals surface area (Å²) < 4.78 is 0. The highest BCUT2D eigenvalue weighted by atomic mass is 35.5. The Hall–Kier alpha value is -2.22. The number of halogens is 1. The Bertz CT molecular complexity index is 999. The lowest BCUT2D eigenvalue weighted by atomic mass is 9.96. The van der Waals surface area contributed by atoms with Gasteiger partial charge in [-0.1, -0.05) is 30.7 Å². The Morgan fingerprint density at radius 1 is 1.03 bits per heavy atom. The van der Waals surface area contributed by atoms with Crippen molar-refractivity contribution < 1.29 is 4.79 Å². The quantitative estimate of drug-likeness (QED) is 0.653. The summed E-state index contributed by atoms with van der Waals surface area (Å²) in [6.07, 6.45) is 3.89. The zero-order chi connectivity index (χ0) is 23.7. The van der Waals surface area contributed by atoms with Crippen LogP contribution in [0.25, 0.3) is 0 Å². The maximum atomic E-state index is 13.8. The molecule has 1 amide bonds. The van der Waals surface area contributed by atoms with E-state index in [0.717, 1.165) is 83.1 Å². The Balaban J connectivity index is 1.29. The summed E-state index contributed by atoms with van der Waals surface area (Å²) in [6, 6.07) is 7.83. The van der Waals surface area contributed by atoms with Gasteiger partial charge >= 0.3 is 0 Å². The van der Waals surface area contributed by atoms with E-state index in [1.165, 1.54) is 11.3 Å². The molecule has 34 heavy (non-hydrogen) atoms. The Morgan fingerprint density at radius 3 is 2.44 bits per heavy atom. The highest BCUT2D eigenvalue weighted by Crippen LogP contribution is 2.37. The van der Waals surface area contributed by atoms with Crippen LogP contribution in [-0.4, -0.2) is 96.5 Å². The van der Waals surface area contributed by atoms with E-state index in [2.05, 4.69) is 43.5 Å². The Kier molecular flexibility index (Phi) is 7.04. The molecule has 2 fully saturated rings. The molecule has 8 heteroatoms. The summed E-state index contributed by atoms with van der Waals surface area (Å²) in [5.41, 5.74) is 3.57. The van der Waals surface area contributed by atoms with Gasteiger partial charge in [-0.15, -0.1) is 0 Å². The van der Waals surface area contributed by atoms with E-state index < -0.39 is 0 Å². The first-order chi connectivity index (χ1) is 16.5. The van der Waals surface area contributed by atoms with Crippen LogP contribution in [0.15, 0.2) is 30.6 Å². The summed E-state index contributed by atoms with van der Waals surface area (Å²) in [5.74, 6) is 1.63. The minimum atomic E-state index is -0.171. The molecule has 7 nitrogen and oxygen atoms in total. The van der Waals surface area contributed by atoms with Crippen LogP contribution < -0.4 is 4.90 Å². The number of aromatic nitrogens is 2. The number of benzene rings is 1. The maximum Gasteiger partial charge on any atom is 0.231 e. The molecule has 0 radical (unpaired) electrons. The molecule has 1 aliphatic carbocycles. The largest absolute Gasteiger partial charge is 0.353 e. The highest BCUT2D eigenvalue weighted by molar-refractivity contribution is 6.30. The van der Waals surface area contributed by atoms with E-state index in [-0.39, 0.29) is 11.8 Å². The van der Waals surface area contributed by atoms with E-state index in [1.807, 2.05) is 24.3 Å². The fourth-order valence-corrected chi connectivity index (χ4v) is 5.67. The predicted octanol–water partition coefficient (Wildman–Crippen LogP) is 2.86. The van der Waals surface area contributed by atoms with Crippen LogP contribution in [0.4, 0.5) is 5.82 Å². The second-order valence-electron chi connectivity index (χ2n) is 10.0. The molecule has 2 aromatic rings. The van der Waals surface area contributed by atoms with Gasteiger partial charge in [0.05, 0.1) is 5.92 Å². The maximum absolute atomic E-state index is 13.8. The molecule has 3 heterocycles. The number of fused-ring (bicyclic) bond motifs is 1. The number of aryl methyl sites for hydroxylation is 1. The number of carbonyl (C=O) groups is 1. The molecule has 0 bridgehead atoms. The molecular weight excluding hydrogens is 448 g/mol. The van der Waals surface area contributed by atoms with Crippen LogP contribution in [0, 0.1) is 0 Å². The second kappa shape index (κ2) is 10.2. The van der Waals surface area contributed by atoms with Gasteiger partial charge in [0.1, 0.15) is 12.1 Å². The average molecular weight is 483 g/mol. The predicted molar refractivity (Wildman–Crippen MR) is 136 cm³/mol. The van der Waals surface area contributed by atoms with Crippen molar-refractivity contribution in [3.8, 4) is 0 Å². The normalized spacial score (nSPS) is 22.6. The number of anilines is 1. The minimum absolute atomic E-state index is 0.171. The molecule has 0 spiro atoms. The molecule has 0 N–H and O–H groups in total. The number of rotatable bonds is 5. The third-order valence-corrected chi connectivity index (χ3v) is 8.00. The van der Waals surface area contributed by atoms with Crippen LogP contribution in [-0.2, 0) is 11.2 Å². The highest BCUT2D eigenvalue weighted by Gasteiger charge is 2.33. The van der Waals surface area contributed by atoms with Crippen LogP contribution >= 0.6 is 11.6 Å². The van der Waals surface area contributed by atoms with Crippen LogP contribution in [0.5, 0.6) is 0 Å². The number of hydrogen-bond acceptors (Lipinski definition) is 6. The number of nitrogens with zero attached hydrogens (tertiary/aromatic N) is 6. The Labute approximate surface area is 207 Å². The summed E-state index contributed by atoms with van der Waals surface area (Å²) in [7, 11) is 2.16. The molecule has 1 aromatic carbocycles. The van der Waals surface area contributed by atoms with Gasteiger partial charge in [0.2, 0.25) is 5.91 Å².